The van der Waals surface area contributed by atoms with Gasteiger partial charge in [0.15, 0.2) is 0 Å². The zero-order valence-electron chi connectivity index (χ0n) is 13.4. The molecular weight excluding hydrogens is 214 g/mol. The monoisotopic (exact) mass is 249 g/mol. The average Bonchev–Trinajstić information content (AvgIpc) is 2.16. The van der Waals surface area contributed by atoms with Crippen LogP contribution in [0.4, 0.5) is 0 Å². The summed E-state index contributed by atoms with van der Waals surface area (Å²) in [4.78, 5) is 1.94. The Kier molecular flexibility index (Phi) is 20.6. The second-order valence-electron chi connectivity index (χ2n) is 5.03. The van der Waals surface area contributed by atoms with Crippen molar-refractivity contribution in [3.05, 3.63) is 0 Å². The number of aliphatic hydroxyl groups excluding tert-OH is 1. The predicted molar refractivity (Wildman–Crippen MR) is 77.5 cm³/mol. The van der Waals surface area contributed by atoms with Crippen molar-refractivity contribution in [3.63, 3.8) is 0 Å². The molecule has 1 N–H and O–H groups in total. The van der Waals surface area contributed by atoms with Gasteiger partial charge in [-0.25, -0.2) is 0 Å². The third-order valence-electron chi connectivity index (χ3n) is 1.20. The summed E-state index contributed by atoms with van der Waals surface area (Å²) in [6, 6.07) is 0. The molecule has 0 heterocycles. The van der Waals surface area contributed by atoms with Crippen molar-refractivity contribution >= 4 is 0 Å². The van der Waals surface area contributed by atoms with E-state index in [0.717, 1.165) is 5.92 Å². The van der Waals surface area contributed by atoms with E-state index in [1.807, 2.05) is 46.7 Å². The number of aliphatic hydroxyl groups is 1. The van der Waals surface area contributed by atoms with Crippen molar-refractivity contribution in [2.75, 3.05) is 27.2 Å². The lowest BCUT2D eigenvalue weighted by Crippen LogP contribution is -2.30. The van der Waals surface area contributed by atoms with Gasteiger partial charge in [0.05, 0.1) is 18.8 Å². The van der Waals surface area contributed by atoms with Crippen molar-refractivity contribution in [1.29, 1.82) is 0 Å². The minimum Gasteiger partial charge on any atom is -0.389 e. The summed E-state index contributed by atoms with van der Waals surface area (Å²) in [6.45, 7) is 15.5. The first-order chi connectivity index (χ1) is 7.75. The SMILES string of the molecule is CC.CC(C)C.CC(C)OCC(O)CN(C)C. The van der Waals surface area contributed by atoms with E-state index >= 15 is 0 Å². The third-order valence-corrected chi connectivity index (χ3v) is 1.20. The maximum Gasteiger partial charge on any atom is 0.0900 e. The van der Waals surface area contributed by atoms with Crippen LogP contribution in [0.2, 0.25) is 0 Å². The normalized spacial score (nSPS) is 11.8. The number of hydrogen-bond donors (Lipinski definition) is 1. The minimum absolute atomic E-state index is 0.201. The van der Waals surface area contributed by atoms with Gasteiger partial charge in [-0.15, -0.1) is 0 Å². The number of hydrogen-bond acceptors (Lipinski definition) is 3. The Balaban J connectivity index is -0.000000275. The number of nitrogens with zero attached hydrogens (tertiary/aromatic N) is 1. The fourth-order valence-corrected chi connectivity index (χ4v) is 0.778. The van der Waals surface area contributed by atoms with Crippen molar-refractivity contribution in [3.8, 4) is 0 Å². The molecule has 1 atom stereocenters. The van der Waals surface area contributed by atoms with Crippen molar-refractivity contribution in [2.45, 2.75) is 60.7 Å². The van der Waals surface area contributed by atoms with E-state index in [1.54, 1.807) is 0 Å². The van der Waals surface area contributed by atoms with Gasteiger partial charge >= 0.3 is 0 Å². The average molecular weight is 249 g/mol. The molecule has 108 valence electrons. The molecule has 0 fully saturated rings. The van der Waals surface area contributed by atoms with Gasteiger partial charge in [-0.3, -0.25) is 0 Å². The first-order valence-electron chi connectivity index (χ1n) is 6.70. The lowest BCUT2D eigenvalue weighted by atomic mass is 10.3. The summed E-state index contributed by atoms with van der Waals surface area (Å²) >= 11 is 0. The molecule has 0 radical (unpaired) electrons. The van der Waals surface area contributed by atoms with Crippen molar-refractivity contribution in [1.82, 2.24) is 4.90 Å². The Bertz CT molecular complexity index is 123. The van der Waals surface area contributed by atoms with Gasteiger partial charge in [-0.05, 0) is 33.9 Å². The van der Waals surface area contributed by atoms with E-state index < -0.39 is 0 Å². The van der Waals surface area contributed by atoms with E-state index in [4.69, 9.17) is 4.74 Å². The highest BCUT2D eigenvalue weighted by Gasteiger charge is 2.05. The molecule has 1 unspecified atom stereocenters. The lowest BCUT2D eigenvalue weighted by Gasteiger charge is -2.17. The van der Waals surface area contributed by atoms with Crippen LogP contribution < -0.4 is 0 Å². The molecule has 0 aromatic heterocycles. The van der Waals surface area contributed by atoms with Crippen LogP contribution >= 0.6 is 0 Å². The first-order valence-corrected chi connectivity index (χ1v) is 6.70. The maximum atomic E-state index is 9.30. The topological polar surface area (TPSA) is 32.7 Å². The number of likely N-dealkylation sites (N-methyl/N-ethyl adjacent to an activating group) is 1. The van der Waals surface area contributed by atoms with E-state index in [9.17, 15) is 5.11 Å². The van der Waals surface area contributed by atoms with Crippen LogP contribution in [0.3, 0.4) is 0 Å². The summed E-state index contributed by atoms with van der Waals surface area (Å²) in [5.74, 6) is 0.833. The summed E-state index contributed by atoms with van der Waals surface area (Å²) < 4.78 is 5.23. The third kappa shape index (κ3) is 38.8. The molecule has 0 aliphatic rings. The highest BCUT2D eigenvalue weighted by atomic mass is 16.5. The Morgan fingerprint density at radius 1 is 1.00 bits per heavy atom. The van der Waals surface area contributed by atoms with E-state index in [-0.39, 0.29) is 12.2 Å². The van der Waals surface area contributed by atoms with Gasteiger partial charge in [0.2, 0.25) is 0 Å². The molecule has 0 rings (SSSR count). The molecule has 3 nitrogen and oxygen atoms in total. The summed E-state index contributed by atoms with van der Waals surface area (Å²) in [7, 11) is 3.86. The zero-order chi connectivity index (χ0) is 14.4. The minimum atomic E-state index is -0.368. The zero-order valence-corrected chi connectivity index (χ0v) is 13.4. The fraction of sp³-hybridized carbons (Fsp3) is 1.00. The van der Waals surface area contributed by atoms with Gasteiger partial charge in [0, 0.05) is 6.54 Å². The number of rotatable bonds is 5. The van der Waals surface area contributed by atoms with E-state index in [2.05, 4.69) is 20.8 Å². The molecule has 0 spiro atoms. The molecule has 0 amide bonds. The predicted octanol–water partition coefficient (Wildman–Crippen LogP) is 3.02. The van der Waals surface area contributed by atoms with E-state index in [0.29, 0.717) is 13.2 Å². The Morgan fingerprint density at radius 3 is 1.59 bits per heavy atom. The largest absolute Gasteiger partial charge is 0.389 e. The molecule has 0 aromatic carbocycles. The summed E-state index contributed by atoms with van der Waals surface area (Å²) in [5, 5.41) is 9.30. The summed E-state index contributed by atoms with van der Waals surface area (Å²) in [5.41, 5.74) is 0. The second kappa shape index (κ2) is 15.9. The second-order valence-corrected chi connectivity index (χ2v) is 5.03. The maximum absolute atomic E-state index is 9.30. The van der Waals surface area contributed by atoms with Crippen LogP contribution in [0.25, 0.3) is 0 Å². The highest BCUT2D eigenvalue weighted by Crippen LogP contribution is 1.92. The van der Waals surface area contributed by atoms with Gasteiger partial charge in [-0.2, -0.15) is 0 Å². The fourth-order valence-electron chi connectivity index (χ4n) is 0.778. The van der Waals surface area contributed by atoms with Crippen LogP contribution in [-0.4, -0.2) is 49.5 Å². The van der Waals surface area contributed by atoms with Crippen molar-refractivity contribution in [2.24, 2.45) is 5.92 Å². The molecule has 0 aliphatic heterocycles. The molecule has 3 heteroatoms. The molecule has 0 saturated heterocycles. The Morgan fingerprint density at radius 2 is 1.35 bits per heavy atom. The summed E-state index contributed by atoms with van der Waals surface area (Å²) in [6.07, 6.45) is -0.167. The molecule has 17 heavy (non-hydrogen) atoms. The molecular formula is C14H35NO2. The Labute approximate surface area is 109 Å². The van der Waals surface area contributed by atoms with Crippen LogP contribution in [0.5, 0.6) is 0 Å². The van der Waals surface area contributed by atoms with Gasteiger partial charge in [-0.1, -0.05) is 34.6 Å². The van der Waals surface area contributed by atoms with Gasteiger partial charge < -0.3 is 14.7 Å². The molecule has 0 aliphatic carbocycles. The van der Waals surface area contributed by atoms with Crippen LogP contribution in [0.15, 0.2) is 0 Å². The van der Waals surface area contributed by atoms with Gasteiger partial charge in [0.1, 0.15) is 0 Å². The molecule has 0 aromatic rings. The van der Waals surface area contributed by atoms with Crippen LogP contribution in [0.1, 0.15) is 48.5 Å². The first kappa shape index (κ1) is 22.1. The quantitative estimate of drug-likeness (QED) is 0.813. The molecule has 0 saturated carbocycles. The Hall–Kier alpha value is -0.120. The van der Waals surface area contributed by atoms with E-state index in [1.165, 1.54) is 0 Å². The smallest absolute Gasteiger partial charge is 0.0900 e. The van der Waals surface area contributed by atoms with Gasteiger partial charge in [0.25, 0.3) is 0 Å². The van der Waals surface area contributed by atoms with Crippen LogP contribution in [-0.2, 0) is 4.74 Å². The highest BCUT2D eigenvalue weighted by molar-refractivity contribution is 4.57. The van der Waals surface area contributed by atoms with Crippen molar-refractivity contribution < 1.29 is 9.84 Å². The lowest BCUT2D eigenvalue weighted by molar-refractivity contribution is -0.00312. The number of ether oxygens (including phenoxy) is 1. The van der Waals surface area contributed by atoms with Crippen LogP contribution in [0, 0.1) is 5.92 Å². The molecule has 0 bridgehead atoms. The standard InChI is InChI=1S/C8H19NO2.C4H10.C2H6/c1-7(2)11-6-8(10)5-9(3)4;1-4(2)3;1-2/h7-8,10H,5-6H2,1-4H3;4H,1-3H3;1-2H3.